The fraction of sp³-hybridized carbons (Fsp3) is 0.455. The van der Waals surface area contributed by atoms with Crippen molar-refractivity contribution < 1.29 is 24.5 Å². The normalized spacial score (nSPS) is 17.7. The molecule has 1 aliphatic heterocycles. The van der Waals surface area contributed by atoms with Crippen molar-refractivity contribution in [1.82, 2.24) is 0 Å². The van der Waals surface area contributed by atoms with Gasteiger partial charge in [-0.25, -0.2) is 4.79 Å². The van der Waals surface area contributed by atoms with E-state index in [0.717, 1.165) is 41.8 Å². The maximum absolute atomic E-state index is 12.4. The summed E-state index contributed by atoms with van der Waals surface area (Å²) >= 11 is 1.20. The van der Waals surface area contributed by atoms with Gasteiger partial charge < -0.3 is 19.8 Å². The zero-order valence-corrected chi connectivity index (χ0v) is 17.4. The molecule has 1 fully saturated rings. The van der Waals surface area contributed by atoms with Gasteiger partial charge in [-0.1, -0.05) is 31.9 Å². The van der Waals surface area contributed by atoms with Gasteiger partial charge in [0.2, 0.25) is 5.91 Å². The number of unbranched alkanes of at least 4 members (excludes halogenated alkanes) is 1. The van der Waals surface area contributed by atoms with Gasteiger partial charge in [-0.15, -0.1) is 11.3 Å². The maximum atomic E-state index is 12.4. The lowest BCUT2D eigenvalue weighted by Gasteiger charge is -2.25. The number of aliphatic hydroxyl groups excluding tert-OH is 1. The zero-order chi connectivity index (χ0) is 20.8. The molecule has 2 N–H and O–H groups in total. The van der Waals surface area contributed by atoms with E-state index in [1.54, 1.807) is 17.0 Å². The van der Waals surface area contributed by atoms with Gasteiger partial charge in [0.15, 0.2) is 0 Å². The number of benzene rings is 1. The summed E-state index contributed by atoms with van der Waals surface area (Å²) in [5, 5.41) is 19.2. The smallest absolute Gasteiger partial charge is 0.345 e. The Balaban J connectivity index is 1.58. The Morgan fingerprint density at radius 3 is 2.69 bits per heavy atom. The molecule has 29 heavy (non-hydrogen) atoms. The molecule has 7 heteroatoms. The van der Waals surface area contributed by atoms with Crippen molar-refractivity contribution in [3.05, 3.63) is 51.7 Å². The minimum absolute atomic E-state index is 0.0442. The summed E-state index contributed by atoms with van der Waals surface area (Å²) in [5.41, 5.74) is 1.69. The van der Waals surface area contributed by atoms with Crippen LogP contribution in [0.25, 0.3) is 0 Å². The van der Waals surface area contributed by atoms with E-state index in [1.807, 2.05) is 24.3 Å². The molecule has 0 radical (unpaired) electrons. The second-order valence-corrected chi connectivity index (χ2v) is 8.46. The highest BCUT2D eigenvalue weighted by molar-refractivity contribution is 7.13. The number of aliphatic hydroxyl groups is 1. The van der Waals surface area contributed by atoms with E-state index >= 15 is 0 Å². The Bertz CT molecular complexity index is 832. The fourth-order valence-electron chi connectivity index (χ4n) is 3.54. The number of amides is 1. The number of carboxylic acids is 1. The second kappa shape index (κ2) is 10.0. The summed E-state index contributed by atoms with van der Waals surface area (Å²) in [6.45, 7) is 2.83. The number of aromatic carboxylic acids is 1. The molecule has 3 rings (SSSR count). The van der Waals surface area contributed by atoms with E-state index < -0.39 is 12.1 Å². The quantitative estimate of drug-likeness (QED) is 0.599. The summed E-state index contributed by atoms with van der Waals surface area (Å²) in [6.07, 6.45) is 3.50. The average molecular weight is 418 g/mol. The number of carbonyl (C=O) groups is 2. The number of nitrogens with zero attached hydrogens (tertiary/aromatic N) is 1. The summed E-state index contributed by atoms with van der Waals surface area (Å²) in [7, 11) is 0. The predicted molar refractivity (Wildman–Crippen MR) is 112 cm³/mol. The highest BCUT2D eigenvalue weighted by atomic mass is 32.1. The number of hydrogen-bond donors (Lipinski definition) is 2. The molecule has 0 saturated carbocycles. The molecule has 1 saturated heterocycles. The van der Waals surface area contributed by atoms with Crippen molar-refractivity contribution in [2.45, 2.75) is 57.8 Å². The van der Waals surface area contributed by atoms with Crippen molar-refractivity contribution in [2.75, 3.05) is 11.5 Å². The number of anilines is 1. The van der Waals surface area contributed by atoms with Crippen molar-refractivity contribution in [3.63, 3.8) is 0 Å². The van der Waals surface area contributed by atoms with E-state index in [9.17, 15) is 14.7 Å². The van der Waals surface area contributed by atoms with Crippen LogP contribution in [0.1, 0.15) is 65.2 Å². The van der Waals surface area contributed by atoms with Crippen LogP contribution in [0.2, 0.25) is 0 Å². The zero-order valence-electron chi connectivity index (χ0n) is 16.5. The lowest BCUT2D eigenvalue weighted by atomic mass is 10.0. The number of rotatable bonds is 10. The first-order valence-corrected chi connectivity index (χ1v) is 10.8. The molecule has 1 amide bonds. The van der Waals surface area contributed by atoms with E-state index in [-0.39, 0.29) is 11.9 Å². The molecule has 1 aromatic heterocycles. The number of ether oxygens (including phenoxy) is 1. The fourth-order valence-corrected chi connectivity index (χ4v) is 4.33. The van der Waals surface area contributed by atoms with Crippen LogP contribution in [0.15, 0.2) is 36.4 Å². The molecule has 0 spiro atoms. The third-order valence-electron chi connectivity index (χ3n) is 5.14. The van der Waals surface area contributed by atoms with Gasteiger partial charge in [0.25, 0.3) is 0 Å². The molecule has 156 valence electrons. The van der Waals surface area contributed by atoms with E-state index in [2.05, 4.69) is 6.92 Å². The van der Waals surface area contributed by atoms with Crippen LogP contribution in [0.4, 0.5) is 5.69 Å². The molecule has 1 unspecified atom stereocenters. The van der Waals surface area contributed by atoms with Crippen LogP contribution in [0.3, 0.4) is 0 Å². The molecular formula is C22H27NO5S. The van der Waals surface area contributed by atoms with Gasteiger partial charge in [0.1, 0.15) is 4.88 Å². The summed E-state index contributed by atoms with van der Waals surface area (Å²) in [4.78, 5) is 26.3. The van der Waals surface area contributed by atoms with Gasteiger partial charge in [0, 0.05) is 17.0 Å². The lowest BCUT2D eigenvalue weighted by Crippen LogP contribution is -2.36. The van der Waals surface area contributed by atoms with Crippen molar-refractivity contribution in [1.29, 1.82) is 0 Å². The highest BCUT2D eigenvalue weighted by Gasteiger charge is 2.32. The van der Waals surface area contributed by atoms with Gasteiger partial charge >= 0.3 is 5.97 Å². The van der Waals surface area contributed by atoms with Gasteiger partial charge in [-0.2, -0.15) is 0 Å². The number of carboxylic acid groups (broad SMARTS) is 1. The van der Waals surface area contributed by atoms with E-state index in [0.29, 0.717) is 24.5 Å². The lowest BCUT2D eigenvalue weighted by molar-refractivity contribution is -0.117. The Morgan fingerprint density at radius 2 is 2.03 bits per heavy atom. The molecule has 2 atom stereocenters. The number of hydrogen-bond acceptors (Lipinski definition) is 5. The van der Waals surface area contributed by atoms with Crippen LogP contribution >= 0.6 is 11.3 Å². The van der Waals surface area contributed by atoms with Gasteiger partial charge in [-0.3, -0.25) is 4.79 Å². The van der Waals surface area contributed by atoms with Gasteiger partial charge in [-0.05, 0) is 42.7 Å². The average Bonchev–Trinajstić information content (AvgIpc) is 3.33. The highest BCUT2D eigenvalue weighted by Crippen LogP contribution is 2.29. The molecule has 2 aromatic rings. The first kappa shape index (κ1) is 21.5. The first-order chi connectivity index (χ1) is 14.0. The summed E-state index contributed by atoms with van der Waals surface area (Å²) < 4.78 is 5.79. The van der Waals surface area contributed by atoms with Crippen molar-refractivity contribution in [3.8, 4) is 0 Å². The number of thiophene rings is 1. The third kappa shape index (κ3) is 5.44. The molecule has 1 aliphatic rings. The minimum Gasteiger partial charge on any atom is -0.477 e. The first-order valence-electron chi connectivity index (χ1n) is 9.99. The Labute approximate surface area is 174 Å². The van der Waals surface area contributed by atoms with Crippen LogP contribution < -0.4 is 4.90 Å². The molecule has 6 nitrogen and oxygen atoms in total. The molecule has 1 aromatic carbocycles. The Morgan fingerprint density at radius 1 is 1.28 bits per heavy atom. The molecule has 2 heterocycles. The van der Waals surface area contributed by atoms with E-state index in [1.165, 1.54) is 11.3 Å². The Hall–Kier alpha value is -2.22. The van der Waals surface area contributed by atoms with Crippen molar-refractivity contribution >= 4 is 28.9 Å². The van der Waals surface area contributed by atoms with Crippen molar-refractivity contribution in [2.24, 2.45) is 0 Å². The second-order valence-electron chi connectivity index (χ2n) is 7.29. The molecular weight excluding hydrogens is 390 g/mol. The topological polar surface area (TPSA) is 87.1 Å². The van der Waals surface area contributed by atoms with Crippen LogP contribution in [0, 0.1) is 0 Å². The number of carbonyl (C=O) groups excluding carboxylic acids is 1. The molecule has 0 bridgehead atoms. The summed E-state index contributed by atoms with van der Waals surface area (Å²) in [6, 6.07) is 10.8. The monoisotopic (exact) mass is 417 g/mol. The summed E-state index contributed by atoms with van der Waals surface area (Å²) in [5.74, 6) is -0.862. The standard InChI is InChI=1S/C22H27NO5S/c1-2-3-4-19(24)15-5-7-16(8-6-15)23-17(9-12-21(23)25)13-28-14-18-10-11-20(29-18)22(26)27/h5-8,10-11,17,19,24H,2-4,9,12-14H2,1H3,(H,26,27)/t17?,19-/m1/s1. The minimum atomic E-state index is -0.933. The van der Waals surface area contributed by atoms with Crippen LogP contribution in [0.5, 0.6) is 0 Å². The Kier molecular flexibility index (Phi) is 7.41. The largest absolute Gasteiger partial charge is 0.477 e. The van der Waals surface area contributed by atoms with Crippen LogP contribution in [-0.4, -0.2) is 34.7 Å². The SMILES string of the molecule is CCCC[C@@H](O)c1ccc(N2C(=O)CCC2COCc2ccc(C(=O)O)s2)cc1. The van der Waals surface area contributed by atoms with Crippen LogP contribution in [-0.2, 0) is 16.1 Å². The predicted octanol–water partition coefficient (Wildman–Crippen LogP) is 4.38. The maximum Gasteiger partial charge on any atom is 0.345 e. The van der Waals surface area contributed by atoms with E-state index in [4.69, 9.17) is 9.84 Å². The molecule has 0 aliphatic carbocycles. The van der Waals surface area contributed by atoms with Gasteiger partial charge in [0.05, 0.1) is 25.4 Å². The third-order valence-corrected chi connectivity index (χ3v) is 6.19.